The van der Waals surface area contributed by atoms with Crippen LogP contribution in [0.1, 0.15) is 51.6 Å². The highest BCUT2D eigenvalue weighted by atomic mass is 16.3. The van der Waals surface area contributed by atoms with E-state index >= 15 is 0 Å². The predicted molar refractivity (Wildman–Crippen MR) is 114 cm³/mol. The second-order valence-electron chi connectivity index (χ2n) is 7.47. The molecule has 0 spiro atoms. The van der Waals surface area contributed by atoms with E-state index in [1.807, 2.05) is 74.8 Å². The Balaban J connectivity index is 1.57. The summed E-state index contributed by atoms with van der Waals surface area (Å²) < 4.78 is 7.89. The number of carbonyl (C=O) groups excluding carboxylic acids is 1. The largest absolute Gasteiger partial charge is 0.459 e. The van der Waals surface area contributed by atoms with Crippen LogP contribution in [0.4, 0.5) is 0 Å². The molecular weight excluding hydrogens is 362 g/mol. The average Bonchev–Trinajstić information content (AvgIpc) is 3.19. The van der Waals surface area contributed by atoms with Crippen molar-refractivity contribution in [1.29, 1.82) is 0 Å². The first-order valence-corrected chi connectivity index (χ1v) is 9.82. The number of amides is 1. The van der Waals surface area contributed by atoms with Crippen LogP contribution in [0.3, 0.4) is 0 Å². The molecule has 4 aromatic rings. The van der Waals surface area contributed by atoms with Crippen LogP contribution >= 0.6 is 0 Å². The number of rotatable bonds is 5. The van der Waals surface area contributed by atoms with Crippen molar-refractivity contribution in [2.45, 2.75) is 40.3 Å². The van der Waals surface area contributed by atoms with E-state index in [9.17, 15) is 4.79 Å². The van der Waals surface area contributed by atoms with Crippen LogP contribution in [0, 0.1) is 20.8 Å². The Labute approximate surface area is 170 Å². The van der Waals surface area contributed by atoms with E-state index in [1.165, 1.54) is 0 Å². The number of benzene rings is 2. The number of carbonyl (C=O) groups is 1. The van der Waals surface area contributed by atoms with Gasteiger partial charge in [-0.15, -0.1) is 0 Å². The van der Waals surface area contributed by atoms with E-state index in [0.29, 0.717) is 12.1 Å². The summed E-state index contributed by atoms with van der Waals surface area (Å²) in [5.74, 6) is 0.651. The highest BCUT2D eigenvalue weighted by molar-refractivity contribution is 5.96. The summed E-state index contributed by atoms with van der Waals surface area (Å²) in [5.41, 5.74) is 5.26. The molecule has 0 aliphatic carbocycles. The molecule has 148 valence electrons. The van der Waals surface area contributed by atoms with E-state index in [4.69, 9.17) is 4.42 Å². The Bertz CT molecular complexity index is 1170. The molecule has 2 aromatic carbocycles. The van der Waals surface area contributed by atoms with Crippen molar-refractivity contribution in [3.05, 3.63) is 88.4 Å². The fraction of sp³-hybridized carbons (Fsp3) is 0.250. The van der Waals surface area contributed by atoms with Crippen LogP contribution in [-0.2, 0) is 6.54 Å². The van der Waals surface area contributed by atoms with Gasteiger partial charge in [0.25, 0.3) is 5.91 Å². The highest BCUT2D eigenvalue weighted by Gasteiger charge is 2.23. The van der Waals surface area contributed by atoms with Gasteiger partial charge < -0.3 is 9.73 Å². The summed E-state index contributed by atoms with van der Waals surface area (Å²) in [6.07, 6.45) is 0. The van der Waals surface area contributed by atoms with Crippen LogP contribution in [0.25, 0.3) is 11.0 Å². The number of furan rings is 1. The van der Waals surface area contributed by atoms with Gasteiger partial charge in [0.1, 0.15) is 11.3 Å². The van der Waals surface area contributed by atoms with E-state index in [2.05, 4.69) is 22.5 Å². The molecular formula is C24H25N3O2. The molecule has 1 unspecified atom stereocenters. The van der Waals surface area contributed by atoms with Crippen molar-refractivity contribution in [1.82, 2.24) is 15.1 Å². The van der Waals surface area contributed by atoms with Crippen LogP contribution in [0.15, 0.2) is 59.0 Å². The molecule has 5 heteroatoms. The topological polar surface area (TPSA) is 60.1 Å². The zero-order chi connectivity index (χ0) is 20.5. The van der Waals surface area contributed by atoms with Gasteiger partial charge in [-0.3, -0.25) is 9.48 Å². The Morgan fingerprint density at radius 3 is 2.48 bits per heavy atom. The van der Waals surface area contributed by atoms with E-state index < -0.39 is 0 Å². The van der Waals surface area contributed by atoms with Crippen molar-refractivity contribution in [2.75, 3.05) is 0 Å². The molecule has 5 nitrogen and oxygen atoms in total. The molecule has 29 heavy (non-hydrogen) atoms. The number of hydrogen-bond donors (Lipinski definition) is 1. The van der Waals surface area contributed by atoms with Crippen molar-refractivity contribution in [3.8, 4) is 0 Å². The minimum absolute atomic E-state index is 0.133. The molecule has 0 radical (unpaired) electrons. The van der Waals surface area contributed by atoms with Crippen LogP contribution < -0.4 is 5.32 Å². The van der Waals surface area contributed by atoms with Crippen molar-refractivity contribution >= 4 is 16.9 Å². The van der Waals surface area contributed by atoms with Gasteiger partial charge in [0.05, 0.1) is 23.8 Å². The quantitative estimate of drug-likeness (QED) is 0.519. The lowest BCUT2D eigenvalue weighted by atomic mass is 10.1. The first kappa shape index (κ1) is 19.0. The van der Waals surface area contributed by atoms with Gasteiger partial charge in [-0.1, -0.05) is 48.5 Å². The number of fused-ring (bicyclic) bond motifs is 1. The third-order valence-corrected chi connectivity index (χ3v) is 5.41. The Kier molecular flexibility index (Phi) is 4.97. The molecule has 1 amide bonds. The van der Waals surface area contributed by atoms with Gasteiger partial charge in [0.15, 0.2) is 0 Å². The van der Waals surface area contributed by atoms with Gasteiger partial charge >= 0.3 is 0 Å². The van der Waals surface area contributed by atoms with E-state index in [0.717, 1.165) is 39.2 Å². The molecule has 0 saturated carbocycles. The fourth-order valence-corrected chi connectivity index (χ4v) is 3.88. The molecule has 0 fully saturated rings. The van der Waals surface area contributed by atoms with Crippen molar-refractivity contribution in [2.24, 2.45) is 0 Å². The minimum atomic E-state index is -0.244. The predicted octanol–water partition coefficient (Wildman–Crippen LogP) is 5.09. The number of nitrogens with zero attached hydrogens (tertiary/aromatic N) is 2. The number of para-hydroxylation sites is 1. The first-order chi connectivity index (χ1) is 14.0. The van der Waals surface area contributed by atoms with Crippen molar-refractivity contribution in [3.63, 3.8) is 0 Å². The maximum atomic E-state index is 13.1. The maximum Gasteiger partial charge on any atom is 0.255 e. The molecule has 4 rings (SSSR count). The Morgan fingerprint density at radius 1 is 1.07 bits per heavy atom. The smallest absolute Gasteiger partial charge is 0.255 e. The van der Waals surface area contributed by atoms with E-state index in [-0.39, 0.29) is 11.9 Å². The SMILES string of the molecule is Cc1nn(Cc2ccccc2)c(C)c1C(=O)NC(C)c1oc2ccccc2c1C. The normalized spacial score (nSPS) is 12.3. The summed E-state index contributed by atoms with van der Waals surface area (Å²) in [6.45, 7) is 8.42. The summed E-state index contributed by atoms with van der Waals surface area (Å²) in [7, 11) is 0. The number of aromatic nitrogens is 2. The molecule has 0 bridgehead atoms. The number of hydrogen-bond acceptors (Lipinski definition) is 3. The molecule has 1 atom stereocenters. The van der Waals surface area contributed by atoms with E-state index in [1.54, 1.807) is 0 Å². The zero-order valence-corrected chi connectivity index (χ0v) is 17.2. The first-order valence-electron chi connectivity index (χ1n) is 9.82. The summed E-state index contributed by atoms with van der Waals surface area (Å²) in [5, 5.41) is 8.75. The lowest BCUT2D eigenvalue weighted by molar-refractivity contribution is 0.0934. The lowest BCUT2D eigenvalue weighted by Crippen LogP contribution is -2.27. The lowest BCUT2D eigenvalue weighted by Gasteiger charge is -2.13. The molecule has 2 aromatic heterocycles. The minimum Gasteiger partial charge on any atom is -0.459 e. The fourth-order valence-electron chi connectivity index (χ4n) is 3.88. The second-order valence-corrected chi connectivity index (χ2v) is 7.47. The van der Waals surface area contributed by atoms with Gasteiger partial charge in [0, 0.05) is 16.6 Å². The third-order valence-electron chi connectivity index (χ3n) is 5.41. The third kappa shape index (κ3) is 3.56. The van der Waals surface area contributed by atoms with Crippen LogP contribution in [0.5, 0.6) is 0 Å². The monoisotopic (exact) mass is 387 g/mol. The van der Waals surface area contributed by atoms with Crippen molar-refractivity contribution < 1.29 is 9.21 Å². The summed E-state index contributed by atoms with van der Waals surface area (Å²) >= 11 is 0. The second kappa shape index (κ2) is 7.59. The van der Waals surface area contributed by atoms with Crippen LogP contribution in [0.2, 0.25) is 0 Å². The zero-order valence-electron chi connectivity index (χ0n) is 17.2. The van der Waals surface area contributed by atoms with Crippen LogP contribution in [-0.4, -0.2) is 15.7 Å². The molecule has 0 aliphatic heterocycles. The average molecular weight is 387 g/mol. The Hall–Kier alpha value is -3.34. The molecule has 2 heterocycles. The van der Waals surface area contributed by atoms with Gasteiger partial charge in [0.2, 0.25) is 0 Å². The summed E-state index contributed by atoms with van der Waals surface area (Å²) in [4.78, 5) is 13.1. The molecule has 1 N–H and O–H groups in total. The van der Waals surface area contributed by atoms with Gasteiger partial charge in [-0.25, -0.2) is 0 Å². The summed E-state index contributed by atoms with van der Waals surface area (Å²) in [6, 6.07) is 17.8. The molecule has 0 aliphatic rings. The Morgan fingerprint density at radius 2 is 1.76 bits per heavy atom. The van der Waals surface area contributed by atoms with Gasteiger partial charge in [-0.05, 0) is 39.3 Å². The maximum absolute atomic E-state index is 13.1. The number of aryl methyl sites for hydroxylation is 2. The number of nitrogens with one attached hydrogen (secondary N) is 1. The standard InChI is InChI=1S/C24H25N3O2/c1-15-20-12-8-9-13-21(20)29-23(15)17(3)25-24(28)22-16(2)26-27(18(22)4)14-19-10-6-5-7-11-19/h5-13,17H,14H2,1-4H3,(H,25,28). The molecule has 0 saturated heterocycles. The van der Waals surface area contributed by atoms with Gasteiger partial charge in [-0.2, -0.15) is 5.10 Å². The highest BCUT2D eigenvalue weighted by Crippen LogP contribution is 2.29.